The van der Waals surface area contributed by atoms with Gasteiger partial charge in [-0.2, -0.15) is 0 Å². The minimum absolute atomic E-state index is 0.0256. The highest BCUT2D eigenvalue weighted by molar-refractivity contribution is 5.67. The van der Waals surface area contributed by atoms with Gasteiger partial charge in [0.2, 0.25) is 0 Å². The van der Waals surface area contributed by atoms with Crippen LogP contribution in [0.4, 0.5) is 4.79 Å². The molecule has 0 saturated carbocycles. The van der Waals surface area contributed by atoms with Gasteiger partial charge in [-0.15, -0.1) is 0 Å². The molecule has 0 radical (unpaired) electrons. The van der Waals surface area contributed by atoms with Crippen LogP contribution in [0.15, 0.2) is 29.9 Å². The molecule has 0 spiro atoms. The number of rotatable bonds is 4. The molecule has 0 aliphatic heterocycles. The van der Waals surface area contributed by atoms with E-state index in [9.17, 15) is 4.79 Å². The van der Waals surface area contributed by atoms with Gasteiger partial charge in [-0.05, 0) is 51.1 Å². The fraction of sp³-hybridized carbons (Fsp3) is 0.471. The van der Waals surface area contributed by atoms with Crippen molar-refractivity contribution in [2.24, 2.45) is 5.11 Å². The van der Waals surface area contributed by atoms with E-state index < -0.39 is 25.4 Å². The van der Waals surface area contributed by atoms with Gasteiger partial charge in [0.15, 0.2) is 0 Å². The van der Waals surface area contributed by atoms with Gasteiger partial charge in [-0.25, -0.2) is 24.7 Å². The second kappa shape index (κ2) is 10.7. The van der Waals surface area contributed by atoms with Crippen molar-refractivity contribution in [2.75, 3.05) is 0 Å². The number of aryl methyl sites for hydroxylation is 2. The zero-order chi connectivity index (χ0) is 25.3. The van der Waals surface area contributed by atoms with E-state index in [0.717, 1.165) is 0 Å². The lowest BCUT2D eigenvalue weighted by Crippen LogP contribution is -2.32. The molecule has 0 aromatic carbocycles. The second-order valence-corrected chi connectivity index (χ2v) is 6.02. The van der Waals surface area contributed by atoms with Crippen LogP contribution >= 0.6 is 0 Å². The van der Waals surface area contributed by atoms with Gasteiger partial charge >= 0.3 is 6.09 Å². The van der Waals surface area contributed by atoms with Crippen molar-refractivity contribution < 1.29 is 17.8 Å². The zero-order valence-electron chi connectivity index (χ0n) is 21.2. The maximum Gasteiger partial charge on any atom is 0.408 e. The van der Waals surface area contributed by atoms with E-state index in [1.807, 2.05) is 0 Å². The molecule has 144 valence electrons. The molecule has 0 aliphatic carbocycles. The van der Waals surface area contributed by atoms with Crippen molar-refractivity contribution in [3.8, 4) is 0 Å². The number of aromatic nitrogens is 4. The number of carbonyl (C=O) groups is 1. The number of hydrogen-bond donors (Lipinski definition) is 1. The Morgan fingerprint density at radius 2 is 1.67 bits per heavy atom. The van der Waals surface area contributed by atoms with Gasteiger partial charge in [0, 0.05) is 37.9 Å². The molecule has 0 aliphatic rings. The van der Waals surface area contributed by atoms with E-state index in [4.69, 9.17) is 18.5 Å². The lowest BCUT2D eigenvalue weighted by Gasteiger charge is -2.19. The maximum atomic E-state index is 11.4. The van der Waals surface area contributed by atoms with Crippen LogP contribution in [0.1, 0.15) is 51.8 Å². The number of carbonyl (C=O) groups excluding carboxylic acids is 1. The molecule has 0 unspecified atom stereocenters. The Bertz CT molecular complexity index is 950. The summed E-state index contributed by atoms with van der Waals surface area (Å²) in [6.45, 7) is 0.957. The van der Waals surface area contributed by atoms with E-state index in [-0.39, 0.29) is 24.2 Å². The van der Waals surface area contributed by atoms with E-state index >= 15 is 0 Å². The molecule has 1 amide bonds. The first-order chi connectivity index (χ1) is 15.1. The van der Waals surface area contributed by atoms with Crippen molar-refractivity contribution in [1.29, 1.82) is 0 Å². The standard InChI is InChI=1S/C11H17N3O2.C6H7N5/c1-8-5-12-9(13-6-8)7-14-10(15)16-11(2,3)4;1-5-2-8-6(9-3-5)4-10-11-7/h5-6H,7H2,1-4H3,(H,14,15);2-3H,4H2,1H3/i2*1D3. The van der Waals surface area contributed by atoms with Crippen molar-refractivity contribution in [2.45, 2.75) is 53.2 Å². The van der Waals surface area contributed by atoms with Crippen molar-refractivity contribution in [1.82, 2.24) is 25.3 Å². The third-order valence-electron chi connectivity index (χ3n) is 2.48. The van der Waals surface area contributed by atoms with Crippen LogP contribution in [0.2, 0.25) is 0 Å². The molecule has 0 atom stereocenters. The van der Waals surface area contributed by atoms with E-state index in [1.54, 1.807) is 20.8 Å². The predicted molar refractivity (Wildman–Crippen MR) is 99.5 cm³/mol. The van der Waals surface area contributed by atoms with E-state index in [0.29, 0.717) is 11.6 Å². The Labute approximate surface area is 166 Å². The first kappa shape index (κ1) is 13.9. The molecule has 2 heterocycles. The molecule has 27 heavy (non-hydrogen) atoms. The molecular formula is C17H24N8O2. The van der Waals surface area contributed by atoms with Crippen LogP contribution in [0.5, 0.6) is 0 Å². The number of nitrogens with one attached hydrogen (secondary N) is 1. The smallest absolute Gasteiger partial charge is 0.408 e. The number of nitrogens with zero attached hydrogens (tertiary/aromatic N) is 7. The summed E-state index contributed by atoms with van der Waals surface area (Å²) in [6.07, 6.45) is 4.30. The number of amides is 1. The third-order valence-corrected chi connectivity index (χ3v) is 2.48. The summed E-state index contributed by atoms with van der Waals surface area (Å²) in [6, 6.07) is 0. The Balaban J connectivity index is 0.000000346. The molecule has 0 fully saturated rings. The first-order valence-corrected chi connectivity index (χ1v) is 7.72. The summed E-state index contributed by atoms with van der Waals surface area (Å²) in [7, 11) is 0. The number of ether oxygens (including phenoxy) is 1. The summed E-state index contributed by atoms with van der Waals surface area (Å²) in [5.74, 6) is 0.620. The summed E-state index contributed by atoms with van der Waals surface area (Å²) in [5.41, 5.74) is 7.59. The van der Waals surface area contributed by atoms with Crippen LogP contribution in [-0.4, -0.2) is 31.6 Å². The number of hydrogen-bond acceptors (Lipinski definition) is 7. The van der Waals surface area contributed by atoms with Crippen LogP contribution in [0.25, 0.3) is 10.4 Å². The monoisotopic (exact) mass is 378 g/mol. The zero-order valence-corrected chi connectivity index (χ0v) is 15.2. The van der Waals surface area contributed by atoms with Crippen LogP contribution in [0, 0.1) is 13.7 Å². The van der Waals surface area contributed by atoms with Crippen molar-refractivity contribution in [3.63, 3.8) is 0 Å². The summed E-state index contributed by atoms with van der Waals surface area (Å²) in [4.78, 5) is 29.2. The van der Waals surface area contributed by atoms with Gasteiger partial charge in [-0.3, -0.25) is 0 Å². The average Bonchev–Trinajstić information content (AvgIpc) is 2.69. The fourth-order valence-corrected chi connectivity index (χ4v) is 1.44. The molecule has 2 aromatic rings. The van der Waals surface area contributed by atoms with E-state index in [2.05, 4.69) is 35.3 Å². The minimum atomic E-state index is -2.23. The molecular weight excluding hydrogens is 348 g/mol. The summed E-state index contributed by atoms with van der Waals surface area (Å²) in [5, 5.41) is 5.74. The molecule has 0 saturated heterocycles. The summed E-state index contributed by atoms with van der Waals surface area (Å²) >= 11 is 0. The molecule has 10 heteroatoms. The van der Waals surface area contributed by atoms with Crippen LogP contribution < -0.4 is 5.32 Å². The highest BCUT2D eigenvalue weighted by Crippen LogP contribution is 2.06. The van der Waals surface area contributed by atoms with Crippen LogP contribution in [-0.2, 0) is 17.8 Å². The SMILES string of the molecule is [2H]C([2H])([2H])c1cnc(CN=[N+]=[N-])nc1.[2H]C([2H])([2H])c1cnc(CNC(=O)OC(C)(C)C)nc1. The van der Waals surface area contributed by atoms with Gasteiger partial charge in [-0.1, -0.05) is 5.11 Å². The number of azide groups is 1. The van der Waals surface area contributed by atoms with Gasteiger partial charge in [0.25, 0.3) is 0 Å². The van der Waals surface area contributed by atoms with Gasteiger partial charge in [0.1, 0.15) is 17.2 Å². The van der Waals surface area contributed by atoms with Gasteiger partial charge in [0.05, 0.1) is 13.1 Å². The largest absolute Gasteiger partial charge is 0.444 e. The number of alkyl carbamates (subject to hydrolysis) is 1. The Kier molecular flexibility index (Phi) is 5.48. The molecule has 2 rings (SSSR count). The van der Waals surface area contributed by atoms with Crippen molar-refractivity contribution >= 4 is 6.09 Å². The quantitative estimate of drug-likeness (QED) is 0.491. The fourth-order valence-electron chi connectivity index (χ4n) is 1.44. The second-order valence-electron chi connectivity index (χ2n) is 6.02. The molecule has 1 N–H and O–H groups in total. The van der Waals surface area contributed by atoms with E-state index in [1.165, 1.54) is 24.8 Å². The molecule has 10 nitrogen and oxygen atoms in total. The first-order valence-electron chi connectivity index (χ1n) is 10.7. The molecule has 2 aromatic heterocycles. The summed E-state index contributed by atoms with van der Waals surface area (Å²) < 4.78 is 47.7. The highest BCUT2D eigenvalue weighted by Gasteiger charge is 2.15. The van der Waals surface area contributed by atoms with Crippen LogP contribution in [0.3, 0.4) is 0 Å². The predicted octanol–water partition coefficient (Wildman–Crippen LogP) is 3.41. The normalized spacial score (nSPS) is 14.3. The highest BCUT2D eigenvalue weighted by atomic mass is 16.6. The third kappa shape index (κ3) is 10.4. The Morgan fingerprint density at radius 1 is 1.15 bits per heavy atom. The maximum absolute atomic E-state index is 11.4. The lowest BCUT2D eigenvalue weighted by atomic mass is 10.2. The minimum Gasteiger partial charge on any atom is -0.444 e. The van der Waals surface area contributed by atoms with Crippen molar-refractivity contribution in [3.05, 3.63) is 58.0 Å². The Morgan fingerprint density at radius 3 is 2.11 bits per heavy atom. The molecule has 0 bridgehead atoms. The Hall–Kier alpha value is -3.26. The van der Waals surface area contributed by atoms with Gasteiger partial charge < -0.3 is 10.1 Å². The average molecular weight is 378 g/mol. The topological polar surface area (TPSA) is 139 Å². The lowest BCUT2D eigenvalue weighted by molar-refractivity contribution is 0.0522.